The van der Waals surface area contributed by atoms with Crippen molar-refractivity contribution in [2.24, 2.45) is 5.73 Å². The lowest BCUT2D eigenvalue weighted by Gasteiger charge is -2.18. The number of carbonyl (C=O) groups is 1. The van der Waals surface area contributed by atoms with E-state index in [2.05, 4.69) is 15.4 Å². The zero-order valence-corrected chi connectivity index (χ0v) is 7.70. The zero-order valence-electron chi connectivity index (χ0n) is 6.07. The maximum atomic E-state index is 10.8. The van der Waals surface area contributed by atoms with Gasteiger partial charge < -0.3 is 5.11 Å². The van der Waals surface area contributed by atoms with Crippen LogP contribution in [0.1, 0.15) is 6.92 Å². The molecule has 7 heteroatoms. The van der Waals surface area contributed by atoms with Crippen LogP contribution in [0.15, 0.2) is 0 Å². The van der Waals surface area contributed by atoms with Crippen LogP contribution in [0.2, 0.25) is 0 Å². The lowest BCUT2D eigenvalue weighted by atomic mass is 10.3. The molecule has 0 spiro atoms. The molecule has 0 aromatic heterocycles. The average molecular weight is 199 g/mol. The first-order chi connectivity index (χ1) is 4.65. The maximum Gasteiger partial charge on any atom is 0.352 e. The fourth-order valence-corrected chi connectivity index (χ4v) is 1.47. The molecular formula is C4H9NO4S2. The molecule has 0 aliphatic carbocycles. The summed E-state index contributed by atoms with van der Waals surface area (Å²) in [6.07, 6.45) is 1.09. The van der Waals surface area contributed by atoms with E-state index >= 15 is 0 Å². The van der Waals surface area contributed by atoms with Crippen LogP contribution in [0.25, 0.3) is 0 Å². The van der Waals surface area contributed by atoms with Crippen LogP contribution in [-0.2, 0) is 28.9 Å². The molecule has 0 bridgehead atoms. The highest BCUT2D eigenvalue weighted by Crippen LogP contribution is 2.05. The summed E-state index contributed by atoms with van der Waals surface area (Å²) in [6.45, 7) is 1.07. The molecule has 0 saturated heterocycles. The molecule has 0 saturated carbocycles. The van der Waals surface area contributed by atoms with Gasteiger partial charge in [-0.05, 0) is 6.92 Å². The number of nitrogens with two attached hydrogens (primary N) is 1. The second-order valence-electron chi connectivity index (χ2n) is 2.20. The Morgan fingerprint density at radius 2 is 2.18 bits per heavy atom. The third-order valence-corrected chi connectivity index (χ3v) is 1.60. The molecule has 0 aromatic rings. The van der Waals surface area contributed by atoms with Crippen LogP contribution in [0, 0.1) is 0 Å². The average Bonchev–Trinajstić information content (AvgIpc) is 1.56. The van der Waals surface area contributed by atoms with Gasteiger partial charge in [-0.2, -0.15) is 0 Å². The molecule has 3 N–H and O–H groups in total. The van der Waals surface area contributed by atoms with Gasteiger partial charge in [-0.1, -0.05) is 0 Å². The van der Waals surface area contributed by atoms with Gasteiger partial charge in [0.2, 0.25) is 5.72 Å². The molecule has 11 heavy (non-hydrogen) atoms. The summed E-state index contributed by atoms with van der Waals surface area (Å²) in [5.74, 6) is -1.41. The van der Waals surface area contributed by atoms with Crippen LogP contribution >= 0.6 is 0 Å². The second kappa shape index (κ2) is 3.02. The predicted molar refractivity (Wildman–Crippen MR) is 42.7 cm³/mol. The first kappa shape index (κ1) is 10.8. The van der Waals surface area contributed by atoms with Crippen LogP contribution in [-0.4, -0.2) is 27.3 Å². The highest BCUT2D eigenvalue weighted by atomic mass is 32.8. The molecular weight excluding hydrogens is 190 g/mol. The minimum Gasteiger partial charge on any atom is -0.478 e. The van der Waals surface area contributed by atoms with Crippen LogP contribution in [0.3, 0.4) is 0 Å². The third kappa shape index (κ3) is 4.25. The van der Waals surface area contributed by atoms with E-state index in [0.717, 1.165) is 13.2 Å². The predicted octanol–water partition coefficient (Wildman–Crippen LogP) is -0.946. The van der Waals surface area contributed by atoms with E-state index in [1.807, 2.05) is 0 Å². The normalized spacial score (nSPS) is 21.7. The SMILES string of the molecule is CC(N)(OS(C)(=O)=S)C(=O)O. The van der Waals surface area contributed by atoms with Gasteiger partial charge in [0, 0.05) is 17.4 Å². The van der Waals surface area contributed by atoms with E-state index in [1.165, 1.54) is 0 Å². The molecule has 2 atom stereocenters. The molecule has 0 aromatic carbocycles. The van der Waals surface area contributed by atoms with Gasteiger partial charge in [-0.25, -0.2) is 9.00 Å². The van der Waals surface area contributed by atoms with E-state index in [1.54, 1.807) is 0 Å². The lowest BCUT2D eigenvalue weighted by Crippen LogP contribution is -2.48. The van der Waals surface area contributed by atoms with Crippen molar-refractivity contribution >= 4 is 25.9 Å². The Bertz CT molecular complexity index is 255. The minimum atomic E-state index is -3.00. The molecule has 2 unspecified atom stereocenters. The monoisotopic (exact) mass is 199 g/mol. The highest BCUT2D eigenvalue weighted by Gasteiger charge is 2.31. The Labute approximate surface area is 69.4 Å². The topological polar surface area (TPSA) is 89.6 Å². The molecule has 0 rings (SSSR count). The van der Waals surface area contributed by atoms with Gasteiger partial charge in [0.25, 0.3) is 0 Å². The van der Waals surface area contributed by atoms with E-state index in [0.29, 0.717) is 0 Å². The van der Waals surface area contributed by atoms with E-state index < -0.39 is 20.5 Å². The molecule has 0 radical (unpaired) electrons. The summed E-state index contributed by atoms with van der Waals surface area (Å²) in [4.78, 5) is 10.3. The lowest BCUT2D eigenvalue weighted by molar-refractivity contribution is -0.152. The molecule has 66 valence electrons. The molecule has 0 aliphatic rings. The summed E-state index contributed by atoms with van der Waals surface area (Å²) in [6, 6.07) is 0. The Hall–Kier alpha value is -0.240. The van der Waals surface area contributed by atoms with Crippen LogP contribution in [0.4, 0.5) is 0 Å². The number of hydrogen-bond acceptors (Lipinski definition) is 5. The third-order valence-electron chi connectivity index (χ3n) is 0.749. The molecule has 0 fully saturated rings. The Morgan fingerprint density at radius 1 is 1.82 bits per heavy atom. The van der Waals surface area contributed by atoms with Crippen molar-refractivity contribution in [2.75, 3.05) is 6.26 Å². The summed E-state index contributed by atoms with van der Waals surface area (Å²) in [7, 11) is -3.00. The summed E-state index contributed by atoms with van der Waals surface area (Å²) in [5.41, 5.74) is 3.10. The number of carboxylic acid groups (broad SMARTS) is 1. The van der Waals surface area contributed by atoms with Crippen molar-refractivity contribution in [2.45, 2.75) is 12.6 Å². The molecule has 0 amide bonds. The van der Waals surface area contributed by atoms with Crippen molar-refractivity contribution in [1.29, 1.82) is 0 Å². The van der Waals surface area contributed by atoms with Crippen molar-refractivity contribution in [3.05, 3.63) is 0 Å². The smallest absolute Gasteiger partial charge is 0.352 e. The highest BCUT2D eigenvalue weighted by molar-refractivity contribution is 8.29. The maximum absolute atomic E-state index is 10.8. The standard InChI is InChI=1S/C4H9NO4S2/c1-4(5,3(6)7)9-11(2,8)10/h5H2,1-2H3,(H,6,7). The van der Waals surface area contributed by atoms with E-state index in [4.69, 9.17) is 10.8 Å². The number of rotatable bonds is 3. The van der Waals surface area contributed by atoms with Gasteiger partial charge in [0.15, 0.2) is 0 Å². The Balaban J connectivity index is 4.51. The van der Waals surface area contributed by atoms with Gasteiger partial charge >= 0.3 is 5.97 Å². The van der Waals surface area contributed by atoms with Gasteiger partial charge in [0.05, 0.1) is 0 Å². The first-order valence-electron chi connectivity index (χ1n) is 2.58. The molecule has 0 heterocycles. The Morgan fingerprint density at radius 3 is 2.27 bits per heavy atom. The fourth-order valence-electron chi connectivity index (χ4n) is 0.350. The molecule has 0 aliphatic heterocycles. The van der Waals surface area contributed by atoms with Crippen molar-refractivity contribution in [3.63, 3.8) is 0 Å². The second-order valence-corrected chi connectivity index (χ2v) is 5.59. The van der Waals surface area contributed by atoms with Gasteiger partial charge in [-0.15, -0.1) is 0 Å². The van der Waals surface area contributed by atoms with Crippen molar-refractivity contribution < 1.29 is 18.3 Å². The quantitative estimate of drug-likeness (QED) is 0.570. The number of aliphatic carboxylic acids is 1. The zero-order chi connectivity index (χ0) is 9.28. The van der Waals surface area contributed by atoms with Crippen LogP contribution < -0.4 is 5.73 Å². The summed E-state index contributed by atoms with van der Waals surface area (Å²) >= 11 is 4.31. The van der Waals surface area contributed by atoms with E-state index in [9.17, 15) is 9.00 Å². The summed E-state index contributed by atoms with van der Waals surface area (Å²) in [5, 5.41) is 8.38. The fraction of sp³-hybridized carbons (Fsp3) is 0.750. The largest absolute Gasteiger partial charge is 0.478 e. The minimum absolute atomic E-state index is 1.07. The number of carboxylic acids is 1. The summed E-state index contributed by atoms with van der Waals surface area (Å²) < 4.78 is 15.2. The van der Waals surface area contributed by atoms with Gasteiger partial charge in [0.1, 0.15) is 8.77 Å². The van der Waals surface area contributed by atoms with Crippen molar-refractivity contribution in [1.82, 2.24) is 0 Å². The van der Waals surface area contributed by atoms with Crippen LogP contribution in [0.5, 0.6) is 0 Å². The molecule has 5 nitrogen and oxygen atoms in total. The Kier molecular flexibility index (Phi) is 2.95. The number of hydrogen-bond donors (Lipinski definition) is 2. The van der Waals surface area contributed by atoms with E-state index in [-0.39, 0.29) is 0 Å². The van der Waals surface area contributed by atoms with Crippen molar-refractivity contribution in [3.8, 4) is 0 Å². The first-order valence-corrected chi connectivity index (χ1v) is 5.40. The van der Waals surface area contributed by atoms with Gasteiger partial charge in [-0.3, -0.25) is 9.92 Å².